The number of hydrogen-bond donors (Lipinski definition) is 0. The van der Waals surface area contributed by atoms with Crippen LogP contribution in [0.4, 0.5) is 0 Å². The van der Waals surface area contributed by atoms with Crippen molar-refractivity contribution in [2.45, 2.75) is 6.42 Å². The summed E-state index contributed by atoms with van der Waals surface area (Å²) < 4.78 is 4.65. The highest BCUT2D eigenvalue weighted by Crippen LogP contribution is 2.13. The Balaban J connectivity index is 2.90. The van der Waals surface area contributed by atoms with E-state index in [1.165, 1.54) is 0 Å². The summed E-state index contributed by atoms with van der Waals surface area (Å²) in [6.45, 7) is 3.96. The molecule has 0 saturated heterocycles. The van der Waals surface area contributed by atoms with Crippen LogP contribution < -0.4 is 4.74 Å². The maximum Gasteiger partial charge on any atom is 0.299 e. The lowest BCUT2D eigenvalue weighted by Gasteiger charge is -2.01. The van der Waals surface area contributed by atoms with Gasteiger partial charge in [0.05, 0.1) is 0 Å². The minimum absolute atomic E-state index is 0.354. The maximum absolute atomic E-state index is 10.0. The molecule has 3 heteroatoms. The molecule has 1 heterocycles. The number of ether oxygens (including phenoxy) is 1. The van der Waals surface area contributed by atoms with Gasteiger partial charge < -0.3 is 4.74 Å². The number of nitrogens with zero attached hydrogens (tertiary/aromatic N) is 1. The number of carbonyl (C=O) groups excluding carboxylic acids is 1. The summed E-state index contributed by atoms with van der Waals surface area (Å²) >= 11 is 0. The zero-order valence-electron chi connectivity index (χ0n) is 6.56. The first-order chi connectivity index (χ1) is 5.88. The fraction of sp³-hybridized carbons (Fsp3) is 0.111. The Bertz CT molecular complexity index is 255. The van der Waals surface area contributed by atoms with E-state index < -0.39 is 0 Å². The fourth-order valence-corrected chi connectivity index (χ4v) is 0.887. The molecule has 0 spiro atoms. The second kappa shape index (κ2) is 4.28. The molecule has 0 fully saturated rings. The first-order valence-corrected chi connectivity index (χ1v) is 3.53. The highest BCUT2D eigenvalue weighted by molar-refractivity contribution is 5.45. The van der Waals surface area contributed by atoms with Crippen LogP contribution in [0.5, 0.6) is 5.88 Å². The second-order valence-electron chi connectivity index (χ2n) is 2.17. The SMILES string of the molecule is C=CCc1cccnc1OC=O. The van der Waals surface area contributed by atoms with E-state index >= 15 is 0 Å². The van der Waals surface area contributed by atoms with Crippen molar-refractivity contribution in [2.24, 2.45) is 0 Å². The number of hydrogen-bond acceptors (Lipinski definition) is 3. The van der Waals surface area contributed by atoms with Crippen LogP contribution in [0.3, 0.4) is 0 Å². The zero-order chi connectivity index (χ0) is 8.81. The standard InChI is InChI=1S/C9H9NO2/c1-2-4-8-5-3-6-10-9(8)12-7-11/h2-3,5-7H,1,4H2. The molecule has 0 atom stereocenters. The van der Waals surface area contributed by atoms with Gasteiger partial charge in [0.15, 0.2) is 0 Å². The van der Waals surface area contributed by atoms with Crippen LogP contribution in [0.15, 0.2) is 31.0 Å². The molecular formula is C9H9NO2. The number of rotatable bonds is 4. The van der Waals surface area contributed by atoms with Gasteiger partial charge in [-0.25, -0.2) is 4.98 Å². The highest BCUT2D eigenvalue weighted by atomic mass is 16.5. The molecule has 0 amide bonds. The summed E-state index contributed by atoms with van der Waals surface area (Å²) in [5.74, 6) is 0.354. The molecule has 1 aromatic heterocycles. The van der Waals surface area contributed by atoms with Gasteiger partial charge in [0.25, 0.3) is 6.47 Å². The van der Waals surface area contributed by atoms with E-state index in [4.69, 9.17) is 0 Å². The van der Waals surface area contributed by atoms with Crippen molar-refractivity contribution in [3.63, 3.8) is 0 Å². The van der Waals surface area contributed by atoms with Crippen LogP contribution in [0.2, 0.25) is 0 Å². The number of aromatic nitrogens is 1. The molecule has 0 aromatic carbocycles. The van der Waals surface area contributed by atoms with Crippen molar-refractivity contribution >= 4 is 6.47 Å². The van der Waals surface area contributed by atoms with Gasteiger partial charge >= 0.3 is 0 Å². The van der Waals surface area contributed by atoms with E-state index in [9.17, 15) is 4.79 Å². The lowest BCUT2D eigenvalue weighted by Crippen LogP contribution is -1.96. The molecule has 1 rings (SSSR count). The van der Waals surface area contributed by atoms with Crippen molar-refractivity contribution in [3.8, 4) is 5.88 Å². The van der Waals surface area contributed by atoms with Crippen LogP contribution in [0, 0.1) is 0 Å². The summed E-state index contributed by atoms with van der Waals surface area (Å²) in [4.78, 5) is 13.9. The Hall–Kier alpha value is -1.64. The molecule has 0 saturated carbocycles. The van der Waals surface area contributed by atoms with Gasteiger partial charge in [0.1, 0.15) is 0 Å². The van der Waals surface area contributed by atoms with Gasteiger partial charge in [-0.15, -0.1) is 6.58 Å². The molecule has 0 N–H and O–H groups in total. The molecule has 0 radical (unpaired) electrons. The van der Waals surface area contributed by atoms with Gasteiger partial charge in [-0.1, -0.05) is 12.1 Å². The molecule has 1 aromatic rings. The van der Waals surface area contributed by atoms with E-state index in [1.807, 2.05) is 6.07 Å². The molecule has 0 bridgehead atoms. The third-order valence-electron chi connectivity index (χ3n) is 1.37. The first kappa shape index (κ1) is 8.46. The largest absolute Gasteiger partial charge is 0.409 e. The molecule has 0 aliphatic heterocycles. The molecule has 0 unspecified atom stereocenters. The third-order valence-corrected chi connectivity index (χ3v) is 1.37. The van der Waals surface area contributed by atoms with Crippen molar-refractivity contribution in [3.05, 3.63) is 36.5 Å². The van der Waals surface area contributed by atoms with Crippen LogP contribution in [0.25, 0.3) is 0 Å². The van der Waals surface area contributed by atoms with Gasteiger partial charge in [-0.3, -0.25) is 4.79 Å². The Morgan fingerprint density at radius 1 is 1.67 bits per heavy atom. The quantitative estimate of drug-likeness (QED) is 0.496. The van der Waals surface area contributed by atoms with Crippen LogP contribution in [-0.2, 0) is 11.2 Å². The van der Waals surface area contributed by atoms with Gasteiger partial charge in [-0.05, 0) is 12.5 Å². The Labute approximate surface area is 70.7 Å². The lowest BCUT2D eigenvalue weighted by atomic mass is 10.2. The van der Waals surface area contributed by atoms with Crippen molar-refractivity contribution < 1.29 is 9.53 Å². The Kier molecular flexibility index (Phi) is 3.02. The normalized spacial score (nSPS) is 9.00. The average Bonchev–Trinajstić information content (AvgIpc) is 2.09. The smallest absolute Gasteiger partial charge is 0.299 e. The molecule has 3 nitrogen and oxygen atoms in total. The van der Waals surface area contributed by atoms with Crippen molar-refractivity contribution in [2.75, 3.05) is 0 Å². The molecule has 12 heavy (non-hydrogen) atoms. The van der Waals surface area contributed by atoms with E-state index in [0.29, 0.717) is 18.8 Å². The summed E-state index contributed by atoms with van der Waals surface area (Å²) in [6, 6.07) is 3.63. The van der Waals surface area contributed by atoms with Crippen LogP contribution in [0.1, 0.15) is 5.56 Å². The van der Waals surface area contributed by atoms with Crippen LogP contribution >= 0.6 is 0 Å². The topological polar surface area (TPSA) is 39.2 Å². The molecule has 0 aliphatic carbocycles. The summed E-state index contributed by atoms with van der Waals surface area (Å²) in [7, 11) is 0. The van der Waals surface area contributed by atoms with E-state index in [-0.39, 0.29) is 0 Å². The van der Waals surface area contributed by atoms with Gasteiger partial charge in [-0.2, -0.15) is 0 Å². The minimum atomic E-state index is 0.354. The first-order valence-electron chi connectivity index (χ1n) is 3.53. The molecular weight excluding hydrogens is 154 g/mol. The van der Waals surface area contributed by atoms with Gasteiger partial charge in [0.2, 0.25) is 5.88 Å². The van der Waals surface area contributed by atoms with E-state index in [0.717, 1.165) is 5.56 Å². The lowest BCUT2D eigenvalue weighted by molar-refractivity contribution is -0.121. The maximum atomic E-state index is 10.0. The predicted octanol–water partition coefficient (Wildman–Crippen LogP) is 1.35. The fourth-order valence-electron chi connectivity index (χ4n) is 0.887. The van der Waals surface area contributed by atoms with Crippen molar-refractivity contribution in [1.82, 2.24) is 4.98 Å². The average molecular weight is 163 g/mol. The van der Waals surface area contributed by atoms with Gasteiger partial charge in [0, 0.05) is 11.8 Å². The van der Waals surface area contributed by atoms with Crippen LogP contribution in [-0.4, -0.2) is 11.5 Å². The minimum Gasteiger partial charge on any atom is -0.409 e. The summed E-state index contributed by atoms with van der Waals surface area (Å²) in [6.07, 6.45) is 3.96. The third kappa shape index (κ3) is 1.92. The Morgan fingerprint density at radius 2 is 2.50 bits per heavy atom. The number of pyridine rings is 1. The summed E-state index contributed by atoms with van der Waals surface area (Å²) in [5.41, 5.74) is 0.861. The predicted molar refractivity (Wildman–Crippen MR) is 44.8 cm³/mol. The summed E-state index contributed by atoms with van der Waals surface area (Å²) in [5, 5.41) is 0. The number of carbonyl (C=O) groups is 1. The second-order valence-corrected chi connectivity index (χ2v) is 2.17. The highest BCUT2D eigenvalue weighted by Gasteiger charge is 2.00. The molecule has 62 valence electrons. The van der Waals surface area contributed by atoms with Crippen molar-refractivity contribution in [1.29, 1.82) is 0 Å². The molecule has 0 aliphatic rings. The van der Waals surface area contributed by atoms with E-state index in [1.54, 1.807) is 18.3 Å². The van der Waals surface area contributed by atoms with E-state index in [2.05, 4.69) is 16.3 Å². The zero-order valence-corrected chi connectivity index (χ0v) is 6.56. The monoisotopic (exact) mass is 163 g/mol. The Morgan fingerprint density at radius 3 is 3.17 bits per heavy atom. The number of allylic oxidation sites excluding steroid dienone is 1.